The minimum Gasteiger partial charge on any atom is -0.508 e. The van der Waals surface area contributed by atoms with Crippen LogP contribution in [0.2, 0.25) is 0 Å². The quantitative estimate of drug-likeness (QED) is 0.839. The van der Waals surface area contributed by atoms with Gasteiger partial charge >= 0.3 is 0 Å². The Morgan fingerprint density at radius 1 is 1.41 bits per heavy atom. The zero-order valence-corrected chi connectivity index (χ0v) is 10.5. The van der Waals surface area contributed by atoms with Gasteiger partial charge in [0.15, 0.2) is 0 Å². The van der Waals surface area contributed by atoms with Crippen molar-refractivity contribution in [3.05, 3.63) is 29.8 Å². The Kier molecular flexibility index (Phi) is 4.02. The highest BCUT2D eigenvalue weighted by Gasteiger charge is 2.24. The van der Waals surface area contributed by atoms with Crippen LogP contribution in [0.4, 0.5) is 0 Å². The molecular weight excluding hydrogens is 214 g/mol. The molecule has 0 bridgehead atoms. The molecule has 1 saturated heterocycles. The summed E-state index contributed by atoms with van der Waals surface area (Å²) >= 11 is 0. The van der Waals surface area contributed by atoms with Gasteiger partial charge in [-0.25, -0.2) is 0 Å². The molecular formula is C14H21NO2. The summed E-state index contributed by atoms with van der Waals surface area (Å²) < 4.78 is 5.54. The van der Waals surface area contributed by atoms with E-state index in [2.05, 4.69) is 19.2 Å². The highest BCUT2D eigenvalue weighted by atomic mass is 16.5. The van der Waals surface area contributed by atoms with E-state index in [9.17, 15) is 5.11 Å². The summed E-state index contributed by atoms with van der Waals surface area (Å²) in [6.45, 7) is 5.18. The molecule has 2 N–H and O–H groups in total. The van der Waals surface area contributed by atoms with Crippen LogP contribution in [-0.4, -0.2) is 29.9 Å². The molecule has 1 heterocycles. The van der Waals surface area contributed by atoms with E-state index >= 15 is 0 Å². The molecule has 2 rings (SSSR count). The van der Waals surface area contributed by atoms with Crippen LogP contribution in [0.1, 0.15) is 25.8 Å². The van der Waals surface area contributed by atoms with Gasteiger partial charge in [-0.3, -0.25) is 0 Å². The van der Waals surface area contributed by atoms with Gasteiger partial charge in [0.05, 0.1) is 6.10 Å². The molecule has 1 aliphatic rings. The van der Waals surface area contributed by atoms with Crippen LogP contribution in [0.25, 0.3) is 0 Å². The van der Waals surface area contributed by atoms with Crippen molar-refractivity contribution in [2.75, 3.05) is 6.61 Å². The third kappa shape index (κ3) is 3.45. The molecule has 1 fully saturated rings. The van der Waals surface area contributed by atoms with E-state index in [1.807, 2.05) is 12.1 Å². The standard InChI is InChI=1S/C14H21NO2/c1-10(15-14-7-8-17-11(14)2)9-12-3-5-13(16)6-4-12/h3-6,10-11,14-16H,7-9H2,1-2H3. The van der Waals surface area contributed by atoms with Gasteiger partial charge in [-0.15, -0.1) is 0 Å². The fourth-order valence-electron chi connectivity index (χ4n) is 2.36. The third-order valence-corrected chi connectivity index (χ3v) is 3.35. The van der Waals surface area contributed by atoms with Gasteiger partial charge in [-0.05, 0) is 44.4 Å². The molecule has 0 spiro atoms. The van der Waals surface area contributed by atoms with Crippen molar-refractivity contribution < 1.29 is 9.84 Å². The summed E-state index contributed by atoms with van der Waals surface area (Å²) in [5, 5.41) is 12.8. The summed E-state index contributed by atoms with van der Waals surface area (Å²) in [6, 6.07) is 8.33. The van der Waals surface area contributed by atoms with E-state index in [0.717, 1.165) is 19.4 Å². The lowest BCUT2D eigenvalue weighted by molar-refractivity contribution is 0.111. The van der Waals surface area contributed by atoms with Gasteiger partial charge in [0, 0.05) is 18.7 Å². The van der Waals surface area contributed by atoms with E-state index in [1.54, 1.807) is 12.1 Å². The molecule has 94 valence electrons. The molecule has 3 unspecified atom stereocenters. The molecule has 3 atom stereocenters. The van der Waals surface area contributed by atoms with Crippen LogP contribution in [0.15, 0.2) is 24.3 Å². The Morgan fingerprint density at radius 2 is 2.12 bits per heavy atom. The highest BCUT2D eigenvalue weighted by Crippen LogP contribution is 2.15. The Hall–Kier alpha value is -1.06. The number of ether oxygens (including phenoxy) is 1. The molecule has 0 aliphatic carbocycles. The average Bonchev–Trinajstić information content (AvgIpc) is 2.68. The van der Waals surface area contributed by atoms with Crippen molar-refractivity contribution in [1.29, 1.82) is 0 Å². The molecule has 3 heteroatoms. The second kappa shape index (κ2) is 5.52. The summed E-state index contributed by atoms with van der Waals surface area (Å²) in [7, 11) is 0. The average molecular weight is 235 g/mol. The van der Waals surface area contributed by atoms with Crippen LogP contribution in [0.5, 0.6) is 5.75 Å². The summed E-state index contributed by atoms with van der Waals surface area (Å²) in [5.41, 5.74) is 1.24. The molecule has 3 nitrogen and oxygen atoms in total. The monoisotopic (exact) mass is 235 g/mol. The predicted octanol–water partition coefficient (Wildman–Crippen LogP) is 2.09. The zero-order valence-electron chi connectivity index (χ0n) is 10.5. The maximum atomic E-state index is 9.22. The number of hydrogen-bond acceptors (Lipinski definition) is 3. The largest absolute Gasteiger partial charge is 0.508 e. The zero-order chi connectivity index (χ0) is 12.3. The van der Waals surface area contributed by atoms with Crippen molar-refractivity contribution in [1.82, 2.24) is 5.32 Å². The van der Waals surface area contributed by atoms with Crippen molar-refractivity contribution in [3.8, 4) is 5.75 Å². The maximum absolute atomic E-state index is 9.22. The Balaban J connectivity index is 1.84. The lowest BCUT2D eigenvalue weighted by Gasteiger charge is -2.21. The van der Waals surface area contributed by atoms with Crippen molar-refractivity contribution >= 4 is 0 Å². The number of phenolic OH excluding ortho intramolecular Hbond substituents is 1. The minimum absolute atomic E-state index is 0.317. The van der Waals surface area contributed by atoms with E-state index in [4.69, 9.17) is 4.74 Å². The first kappa shape index (κ1) is 12.4. The summed E-state index contributed by atoms with van der Waals surface area (Å²) in [4.78, 5) is 0. The van der Waals surface area contributed by atoms with Gasteiger partial charge in [0.1, 0.15) is 5.75 Å². The fourth-order valence-corrected chi connectivity index (χ4v) is 2.36. The van der Waals surface area contributed by atoms with Crippen LogP contribution in [-0.2, 0) is 11.2 Å². The lowest BCUT2D eigenvalue weighted by atomic mass is 10.0. The number of rotatable bonds is 4. The SMILES string of the molecule is CC(Cc1ccc(O)cc1)NC1CCOC1C. The number of aromatic hydroxyl groups is 1. The third-order valence-electron chi connectivity index (χ3n) is 3.35. The minimum atomic E-state index is 0.317. The van der Waals surface area contributed by atoms with Crippen molar-refractivity contribution in [3.63, 3.8) is 0 Å². The molecule has 1 aromatic carbocycles. The fraction of sp³-hybridized carbons (Fsp3) is 0.571. The molecule has 0 saturated carbocycles. The molecule has 1 aromatic rings. The predicted molar refractivity (Wildman–Crippen MR) is 68.2 cm³/mol. The first-order valence-corrected chi connectivity index (χ1v) is 6.30. The highest BCUT2D eigenvalue weighted by molar-refractivity contribution is 5.26. The molecule has 0 aromatic heterocycles. The lowest BCUT2D eigenvalue weighted by Crippen LogP contribution is -2.41. The second-order valence-corrected chi connectivity index (χ2v) is 4.91. The van der Waals surface area contributed by atoms with E-state index < -0.39 is 0 Å². The number of phenols is 1. The van der Waals surface area contributed by atoms with Gasteiger partial charge in [-0.2, -0.15) is 0 Å². The Morgan fingerprint density at radius 3 is 2.71 bits per heavy atom. The van der Waals surface area contributed by atoms with Crippen LogP contribution >= 0.6 is 0 Å². The topological polar surface area (TPSA) is 41.5 Å². The van der Waals surface area contributed by atoms with Crippen LogP contribution in [0.3, 0.4) is 0 Å². The summed E-state index contributed by atoms with van der Waals surface area (Å²) in [6.07, 6.45) is 2.39. The maximum Gasteiger partial charge on any atom is 0.115 e. The van der Waals surface area contributed by atoms with Crippen LogP contribution in [0, 0.1) is 0 Å². The van der Waals surface area contributed by atoms with Crippen molar-refractivity contribution in [2.45, 2.75) is 44.9 Å². The first-order valence-electron chi connectivity index (χ1n) is 6.30. The van der Waals surface area contributed by atoms with E-state index in [-0.39, 0.29) is 0 Å². The normalized spacial score (nSPS) is 26.0. The Bertz CT molecular complexity index is 350. The molecule has 0 amide bonds. The molecule has 1 aliphatic heterocycles. The smallest absolute Gasteiger partial charge is 0.115 e. The van der Waals surface area contributed by atoms with Gasteiger partial charge < -0.3 is 15.2 Å². The number of hydrogen-bond donors (Lipinski definition) is 2. The van der Waals surface area contributed by atoms with Crippen molar-refractivity contribution in [2.24, 2.45) is 0 Å². The summed E-state index contributed by atoms with van der Waals surface area (Å²) in [5.74, 6) is 0.326. The van der Waals surface area contributed by atoms with Gasteiger partial charge in [0.2, 0.25) is 0 Å². The second-order valence-electron chi connectivity index (χ2n) is 4.91. The van der Waals surface area contributed by atoms with Gasteiger partial charge in [0.25, 0.3) is 0 Å². The molecule has 17 heavy (non-hydrogen) atoms. The number of nitrogens with one attached hydrogen (secondary N) is 1. The van der Waals surface area contributed by atoms with Gasteiger partial charge in [-0.1, -0.05) is 12.1 Å². The van der Waals surface area contributed by atoms with E-state index in [0.29, 0.717) is 23.9 Å². The molecule has 0 radical (unpaired) electrons. The van der Waals surface area contributed by atoms with E-state index in [1.165, 1.54) is 5.56 Å². The first-order chi connectivity index (χ1) is 8.15. The number of benzene rings is 1. The Labute approximate surface area is 103 Å². The van der Waals surface area contributed by atoms with Crippen LogP contribution < -0.4 is 5.32 Å².